The van der Waals surface area contributed by atoms with Gasteiger partial charge in [-0.05, 0) is 24.5 Å². The number of carboxylic acid groups (broad SMARTS) is 1. The molecule has 1 aromatic heterocycles. The highest BCUT2D eigenvalue weighted by Crippen LogP contribution is 2.21. The van der Waals surface area contributed by atoms with Crippen molar-refractivity contribution in [3.8, 4) is 0 Å². The second kappa shape index (κ2) is 4.95. The zero-order valence-electron chi connectivity index (χ0n) is 9.37. The molecule has 5 heteroatoms. The molecule has 2 heterocycles. The molecule has 1 N–H and O–H groups in total. The Morgan fingerprint density at radius 1 is 1.41 bits per heavy atom. The number of pyridine rings is 1. The van der Waals surface area contributed by atoms with E-state index in [1.54, 1.807) is 29.4 Å². The molecule has 1 aliphatic heterocycles. The lowest BCUT2D eigenvalue weighted by Gasteiger charge is -2.15. The summed E-state index contributed by atoms with van der Waals surface area (Å²) in [5, 5.41) is 8.70. The van der Waals surface area contributed by atoms with E-state index in [1.807, 2.05) is 0 Å². The summed E-state index contributed by atoms with van der Waals surface area (Å²) in [6.45, 7) is 1.17. The van der Waals surface area contributed by atoms with Crippen LogP contribution in [0.5, 0.6) is 0 Å². The van der Waals surface area contributed by atoms with E-state index in [0.29, 0.717) is 18.7 Å². The van der Waals surface area contributed by atoms with Gasteiger partial charge in [0.05, 0.1) is 0 Å². The summed E-state index contributed by atoms with van der Waals surface area (Å²) in [5.41, 5.74) is 0.607. The Bertz CT molecular complexity index is 419. The second-order valence-electron chi connectivity index (χ2n) is 4.24. The lowest BCUT2D eigenvalue weighted by molar-refractivity contribution is -0.138. The minimum absolute atomic E-state index is 0.0414. The summed E-state index contributed by atoms with van der Waals surface area (Å²) in [7, 11) is 0. The van der Waals surface area contributed by atoms with Crippen molar-refractivity contribution in [2.45, 2.75) is 12.8 Å². The fourth-order valence-electron chi connectivity index (χ4n) is 2.11. The van der Waals surface area contributed by atoms with Crippen molar-refractivity contribution in [1.29, 1.82) is 0 Å². The van der Waals surface area contributed by atoms with E-state index in [2.05, 4.69) is 4.98 Å². The van der Waals surface area contributed by atoms with Crippen molar-refractivity contribution < 1.29 is 14.7 Å². The molecule has 0 aliphatic carbocycles. The van der Waals surface area contributed by atoms with E-state index in [-0.39, 0.29) is 18.2 Å². The van der Waals surface area contributed by atoms with Crippen LogP contribution in [0.1, 0.15) is 23.2 Å². The Hall–Kier alpha value is -1.91. The number of likely N-dealkylation sites (tertiary alicyclic amines) is 1. The van der Waals surface area contributed by atoms with Gasteiger partial charge in [0.25, 0.3) is 5.91 Å². The minimum atomic E-state index is -0.798. The first-order valence-electron chi connectivity index (χ1n) is 5.58. The Morgan fingerprint density at radius 3 is 2.76 bits per heavy atom. The first-order chi connectivity index (χ1) is 8.16. The molecule has 90 valence electrons. The maximum atomic E-state index is 12.0. The zero-order valence-corrected chi connectivity index (χ0v) is 9.37. The summed E-state index contributed by atoms with van der Waals surface area (Å²) in [6, 6.07) is 3.35. The predicted octanol–water partition coefficient (Wildman–Crippen LogP) is 1.02. The number of rotatable bonds is 3. The normalized spacial score (nSPS) is 19.3. The number of carbonyl (C=O) groups excluding carboxylic acids is 1. The van der Waals surface area contributed by atoms with Gasteiger partial charge in [0.2, 0.25) is 0 Å². The van der Waals surface area contributed by atoms with E-state index in [4.69, 9.17) is 5.11 Å². The third-order valence-corrected chi connectivity index (χ3v) is 2.96. The highest BCUT2D eigenvalue weighted by molar-refractivity contribution is 5.94. The molecule has 1 aliphatic rings. The Labute approximate surface area is 99.1 Å². The fraction of sp³-hybridized carbons (Fsp3) is 0.417. The van der Waals surface area contributed by atoms with Crippen LogP contribution in [0.25, 0.3) is 0 Å². The molecule has 0 radical (unpaired) electrons. The summed E-state index contributed by atoms with van der Waals surface area (Å²) < 4.78 is 0. The molecule has 5 nitrogen and oxygen atoms in total. The Balaban J connectivity index is 1.97. The van der Waals surface area contributed by atoms with Gasteiger partial charge in [-0.1, -0.05) is 0 Å². The van der Waals surface area contributed by atoms with E-state index in [9.17, 15) is 9.59 Å². The lowest BCUT2D eigenvalue weighted by Crippen LogP contribution is -2.28. The molecule has 1 amide bonds. The monoisotopic (exact) mass is 234 g/mol. The second-order valence-corrected chi connectivity index (χ2v) is 4.24. The van der Waals surface area contributed by atoms with Gasteiger partial charge < -0.3 is 10.0 Å². The molecule has 0 spiro atoms. The molecule has 17 heavy (non-hydrogen) atoms. The topological polar surface area (TPSA) is 70.5 Å². The standard InChI is InChI=1S/C12H14N2O3/c15-11(16)7-9-3-6-14(8-9)12(17)10-1-4-13-5-2-10/h1-2,4-5,9H,3,6-8H2,(H,15,16). The van der Waals surface area contributed by atoms with E-state index < -0.39 is 5.97 Å². The molecule has 1 saturated heterocycles. The molecular formula is C12H14N2O3. The van der Waals surface area contributed by atoms with Crippen LogP contribution in [0, 0.1) is 5.92 Å². The first kappa shape index (κ1) is 11.6. The molecule has 0 saturated carbocycles. The first-order valence-corrected chi connectivity index (χ1v) is 5.58. The Morgan fingerprint density at radius 2 is 2.12 bits per heavy atom. The maximum absolute atomic E-state index is 12.0. The number of carboxylic acids is 1. The van der Waals surface area contributed by atoms with Crippen LogP contribution in [0.2, 0.25) is 0 Å². The summed E-state index contributed by atoms with van der Waals surface area (Å²) in [6.07, 6.45) is 4.07. The smallest absolute Gasteiger partial charge is 0.303 e. The SMILES string of the molecule is O=C(O)CC1CCN(C(=O)c2ccncc2)C1. The highest BCUT2D eigenvalue weighted by Gasteiger charge is 2.28. The fourth-order valence-corrected chi connectivity index (χ4v) is 2.11. The van der Waals surface area contributed by atoms with Gasteiger partial charge in [-0.25, -0.2) is 0 Å². The lowest BCUT2D eigenvalue weighted by atomic mass is 10.1. The molecule has 0 bridgehead atoms. The van der Waals surface area contributed by atoms with Crippen LogP contribution < -0.4 is 0 Å². The number of aliphatic carboxylic acids is 1. The molecule has 1 aromatic rings. The Kier molecular flexibility index (Phi) is 3.37. The number of hydrogen-bond acceptors (Lipinski definition) is 3. The maximum Gasteiger partial charge on any atom is 0.303 e. The predicted molar refractivity (Wildman–Crippen MR) is 60.5 cm³/mol. The van der Waals surface area contributed by atoms with Crippen LogP contribution in [0.4, 0.5) is 0 Å². The van der Waals surface area contributed by atoms with E-state index >= 15 is 0 Å². The van der Waals surface area contributed by atoms with Gasteiger partial charge in [-0.3, -0.25) is 14.6 Å². The third-order valence-electron chi connectivity index (χ3n) is 2.96. The van der Waals surface area contributed by atoms with Crippen molar-refractivity contribution in [1.82, 2.24) is 9.88 Å². The van der Waals surface area contributed by atoms with Gasteiger partial charge >= 0.3 is 5.97 Å². The van der Waals surface area contributed by atoms with Crippen molar-refractivity contribution in [3.63, 3.8) is 0 Å². The van der Waals surface area contributed by atoms with Crippen molar-refractivity contribution in [2.75, 3.05) is 13.1 Å². The molecule has 1 atom stereocenters. The van der Waals surface area contributed by atoms with Gasteiger partial charge in [-0.15, -0.1) is 0 Å². The zero-order chi connectivity index (χ0) is 12.3. The number of hydrogen-bond donors (Lipinski definition) is 1. The number of carbonyl (C=O) groups is 2. The average Bonchev–Trinajstić information content (AvgIpc) is 2.77. The number of aromatic nitrogens is 1. The van der Waals surface area contributed by atoms with Crippen LogP contribution >= 0.6 is 0 Å². The molecule has 1 fully saturated rings. The van der Waals surface area contributed by atoms with Gasteiger partial charge in [0.15, 0.2) is 0 Å². The third kappa shape index (κ3) is 2.81. The summed E-state index contributed by atoms with van der Waals surface area (Å²) in [4.78, 5) is 28.2. The molecular weight excluding hydrogens is 220 g/mol. The van der Waals surface area contributed by atoms with Crippen LogP contribution in [0.15, 0.2) is 24.5 Å². The number of nitrogens with zero attached hydrogens (tertiary/aromatic N) is 2. The van der Waals surface area contributed by atoms with Crippen LogP contribution in [-0.4, -0.2) is 40.0 Å². The summed E-state index contributed by atoms with van der Waals surface area (Å²) in [5.74, 6) is -0.758. The van der Waals surface area contributed by atoms with Crippen molar-refractivity contribution in [3.05, 3.63) is 30.1 Å². The quantitative estimate of drug-likeness (QED) is 0.847. The summed E-state index contributed by atoms with van der Waals surface area (Å²) >= 11 is 0. The van der Waals surface area contributed by atoms with Crippen molar-refractivity contribution in [2.24, 2.45) is 5.92 Å². The molecule has 1 unspecified atom stereocenters. The molecule has 0 aromatic carbocycles. The average molecular weight is 234 g/mol. The van der Waals surface area contributed by atoms with Gasteiger partial charge in [0.1, 0.15) is 0 Å². The number of amides is 1. The molecule has 2 rings (SSSR count). The highest BCUT2D eigenvalue weighted by atomic mass is 16.4. The van der Waals surface area contributed by atoms with Gasteiger partial charge in [-0.2, -0.15) is 0 Å². The van der Waals surface area contributed by atoms with Crippen molar-refractivity contribution >= 4 is 11.9 Å². The largest absolute Gasteiger partial charge is 0.481 e. The van der Waals surface area contributed by atoms with E-state index in [0.717, 1.165) is 6.42 Å². The van der Waals surface area contributed by atoms with Crippen LogP contribution in [0.3, 0.4) is 0 Å². The van der Waals surface area contributed by atoms with Crippen LogP contribution in [-0.2, 0) is 4.79 Å². The van der Waals surface area contributed by atoms with Gasteiger partial charge in [0, 0.05) is 37.5 Å². The van der Waals surface area contributed by atoms with E-state index in [1.165, 1.54) is 0 Å². The minimum Gasteiger partial charge on any atom is -0.481 e.